The molecule has 0 spiro atoms. The van der Waals surface area contributed by atoms with Crippen LogP contribution in [0.3, 0.4) is 0 Å². The molecule has 31 heavy (non-hydrogen) atoms. The van der Waals surface area contributed by atoms with Crippen LogP contribution in [0.5, 0.6) is 0 Å². The topological polar surface area (TPSA) is 74.8 Å². The maximum Gasteiger partial charge on any atom is 0.257 e. The summed E-state index contributed by atoms with van der Waals surface area (Å²) < 4.78 is 0. The number of hydrogen-bond donors (Lipinski definition) is 2. The third-order valence-corrected chi connectivity index (χ3v) is 7.06. The molecular weight excluding hydrogens is 406 g/mol. The molecule has 0 amide bonds. The summed E-state index contributed by atoms with van der Waals surface area (Å²) in [6.07, 6.45) is 4.68. The van der Waals surface area contributed by atoms with Gasteiger partial charge in [-0.05, 0) is 30.7 Å². The minimum atomic E-state index is -0.383. The maximum absolute atomic E-state index is 13.3. The van der Waals surface area contributed by atoms with Gasteiger partial charge in [0, 0.05) is 29.4 Å². The van der Waals surface area contributed by atoms with Gasteiger partial charge in [0.1, 0.15) is 5.82 Å². The van der Waals surface area contributed by atoms with Crippen molar-refractivity contribution in [3.63, 3.8) is 0 Å². The van der Waals surface area contributed by atoms with Crippen molar-refractivity contribution in [2.45, 2.75) is 70.9 Å². The molecule has 4 rings (SSSR count). The summed E-state index contributed by atoms with van der Waals surface area (Å²) in [4.78, 5) is 34.3. The van der Waals surface area contributed by atoms with Gasteiger partial charge in [0.2, 0.25) is 0 Å². The minimum Gasteiger partial charge on any atom is -0.343 e. The number of ketones is 1. The molecule has 1 aliphatic carbocycles. The van der Waals surface area contributed by atoms with Crippen molar-refractivity contribution in [3.05, 3.63) is 62.6 Å². The number of hydrogen-bond acceptors (Lipinski definition) is 5. The molecule has 2 aliphatic rings. The highest BCUT2D eigenvalue weighted by Gasteiger charge is 2.42. The van der Waals surface area contributed by atoms with E-state index in [1.165, 1.54) is 6.42 Å². The zero-order valence-corrected chi connectivity index (χ0v) is 19.6. The molecular formula is C25H31N3O2S. The van der Waals surface area contributed by atoms with Crippen molar-refractivity contribution in [1.29, 1.82) is 0 Å². The summed E-state index contributed by atoms with van der Waals surface area (Å²) >= 11 is 1.59. The third-order valence-electron chi connectivity index (χ3n) is 6.10. The molecule has 0 bridgehead atoms. The summed E-state index contributed by atoms with van der Waals surface area (Å²) in [5.41, 5.74) is 4.03. The molecule has 0 saturated heterocycles. The lowest BCUT2D eigenvalue weighted by molar-refractivity contribution is -0.118. The van der Waals surface area contributed by atoms with Crippen molar-refractivity contribution in [3.8, 4) is 0 Å². The number of aromatic amines is 1. The normalized spacial score (nSPS) is 19.6. The number of unbranched alkanes of at least 4 members (excludes halogenated alkanes) is 2. The van der Waals surface area contributed by atoms with Crippen molar-refractivity contribution < 1.29 is 4.79 Å². The second kappa shape index (κ2) is 8.65. The number of carbonyl (C=O) groups excluding carboxylic acids is 1. The smallest absolute Gasteiger partial charge is 0.257 e. The molecule has 0 radical (unpaired) electrons. The third kappa shape index (κ3) is 4.49. The molecule has 2 N–H and O–H groups in total. The predicted molar refractivity (Wildman–Crippen MR) is 127 cm³/mol. The fraction of sp³-hybridized carbons (Fsp3) is 0.480. The molecule has 1 atom stereocenters. The van der Waals surface area contributed by atoms with E-state index >= 15 is 0 Å². The minimum absolute atomic E-state index is 0.114. The lowest BCUT2D eigenvalue weighted by atomic mass is 9.69. The number of allylic oxidation sites excluding steroid dienone is 2. The molecule has 2 heterocycles. The van der Waals surface area contributed by atoms with Crippen molar-refractivity contribution in [2.75, 3.05) is 11.1 Å². The average Bonchev–Trinajstić information content (AvgIpc) is 2.69. The Morgan fingerprint density at radius 2 is 1.87 bits per heavy atom. The van der Waals surface area contributed by atoms with Crippen LogP contribution in [-0.4, -0.2) is 21.5 Å². The van der Waals surface area contributed by atoms with Crippen LogP contribution in [0.15, 0.2) is 45.5 Å². The number of carbonyl (C=O) groups is 1. The summed E-state index contributed by atoms with van der Waals surface area (Å²) in [7, 11) is 0. The van der Waals surface area contributed by atoms with Gasteiger partial charge < -0.3 is 10.3 Å². The first-order valence-electron chi connectivity index (χ1n) is 11.2. The Hall–Kier alpha value is -2.34. The Kier molecular flexibility index (Phi) is 6.11. The van der Waals surface area contributed by atoms with E-state index in [1.54, 1.807) is 11.8 Å². The van der Waals surface area contributed by atoms with Crippen LogP contribution in [-0.2, 0) is 4.79 Å². The number of Topliss-reactive ketones (excluding diaryl/α,β-unsaturated/α-hetero) is 1. The van der Waals surface area contributed by atoms with E-state index in [2.05, 4.69) is 31.1 Å². The van der Waals surface area contributed by atoms with Gasteiger partial charge in [0.15, 0.2) is 10.9 Å². The molecule has 1 unspecified atom stereocenters. The van der Waals surface area contributed by atoms with E-state index in [9.17, 15) is 9.59 Å². The van der Waals surface area contributed by atoms with E-state index < -0.39 is 0 Å². The van der Waals surface area contributed by atoms with Crippen molar-refractivity contribution in [1.82, 2.24) is 9.97 Å². The number of H-pyrrole nitrogens is 1. The molecule has 2 aromatic rings. The highest BCUT2D eigenvalue weighted by molar-refractivity contribution is 7.99. The first kappa shape index (κ1) is 21.9. The number of anilines is 1. The van der Waals surface area contributed by atoms with E-state index in [4.69, 9.17) is 4.98 Å². The Morgan fingerprint density at radius 1 is 1.13 bits per heavy atom. The largest absolute Gasteiger partial charge is 0.343 e. The molecule has 1 aromatic heterocycles. The number of rotatable bonds is 6. The molecule has 0 saturated carbocycles. The number of fused-ring (bicyclic) bond motifs is 1. The first-order valence-corrected chi connectivity index (χ1v) is 12.1. The zero-order chi connectivity index (χ0) is 22.2. The number of nitrogens with one attached hydrogen (secondary N) is 2. The van der Waals surface area contributed by atoms with Crippen LogP contribution >= 0.6 is 11.8 Å². The Morgan fingerprint density at radius 3 is 2.58 bits per heavy atom. The Bertz CT molecular complexity index is 1080. The van der Waals surface area contributed by atoms with Crippen LogP contribution in [0, 0.1) is 12.3 Å². The summed E-state index contributed by atoms with van der Waals surface area (Å²) in [6.45, 7) is 8.45. The lowest BCUT2D eigenvalue weighted by Crippen LogP contribution is -2.37. The van der Waals surface area contributed by atoms with E-state index in [-0.39, 0.29) is 22.7 Å². The number of thioether (sulfide) groups is 1. The van der Waals surface area contributed by atoms with Crippen LogP contribution in [0.2, 0.25) is 0 Å². The standard InChI is InChI=1S/C25H31N3O2S/c1-5-6-7-12-31-24-27-22-21(23(30)28-24)19(16-10-8-15(2)9-11-16)20-17(26-22)13-25(3,4)14-18(20)29/h8-11,19H,5-7,12-14H2,1-4H3,(H2,26,27,28,30). The van der Waals surface area contributed by atoms with Gasteiger partial charge >= 0.3 is 0 Å². The second-order valence-electron chi connectivity index (χ2n) is 9.49. The van der Waals surface area contributed by atoms with Crippen LogP contribution < -0.4 is 10.9 Å². The summed E-state index contributed by atoms with van der Waals surface area (Å²) in [5, 5.41) is 4.03. The van der Waals surface area contributed by atoms with Crippen LogP contribution in [0.25, 0.3) is 0 Å². The highest BCUT2D eigenvalue weighted by Crippen LogP contribution is 2.47. The average molecular weight is 438 g/mol. The number of aryl methyl sites for hydroxylation is 1. The van der Waals surface area contributed by atoms with Gasteiger partial charge in [-0.25, -0.2) is 4.98 Å². The predicted octanol–water partition coefficient (Wildman–Crippen LogP) is 5.56. The SMILES string of the molecule is CCCCCSc1nc2c(c(=O)[nH]1)C(c1ccc(C)cc1)C1=C(CC(C)(C)CC1=O)N2. The molecule has 5 nitrogen and oxygen atoms in total. The Labute approximate surface area is 188 Å². The van der Waals surface area contributed by atoms with Crippen LogP contribution in [0.4, 0.5) is 5.82 Å². The quantitative estimate of drug-likeness (QED) is 0.351. The van der Waals surface area contributed by atoms with Gasteiger partial charge in [-0.1, -0.05) is 75.2 Å². The van der Waals surface area contributed by atoms with Gasteiger partial charge in [0.05, 0.1) is 5.56 Å². The molecule has 1 aromatic carbocycles. The second-order valence-corrected chi connectivity index (χ2v) is 10.6. The fourth-order valence-corrected chi connectivity index (χ4v) is 5.44. The number of benzene rings is 1. The summed E-state index contributed by atoms with van der Waals surface area (Å²) in [5.74, 6) is 1.26. The Balaban J connectivity index is 1.80. The van der Waals surface area contributed by atoms with E-state index in [1.807, 2.05) is 31.2 Å². The molecule has 6 heteroatoms. The first-order chi connectivity index (χ1) is 14.8. The van der Waals surface area contributed by atoms with E-state index in [0.29, 0.717) is 23.0 Å². The maximum atomic E-state index is 13.3. The van der Waals surface area contributed by atoms with Crippen LogP contribution in [0.1, 0.15) is 75.5 Å². The lowest BCUT2D eigenvalue weighted by Gasteiger charge is -2.38. The molecule has 1 aliphatic heterocycles. The number of nitrogens with zero attached hydrogens (tertiary/aromatic N) is 1. The fourth-order valence-electron chi connectivity index (χ4n) is 4.57. The number of aromatic nitrogens is 2. The highest BCUT2D eigenvalue weighted by atomic mass is 32.2. The monoisotopic (exact) mass is 437 g/mol. The van der Waals surface area contributed by atoms with Gasteiger partial charge in [-0.15, -0.1) is 0 Å². The summed E-state index contributed by atoms with van der Waals surface area (Å²) in [6, 6.07) is 8.13. The van der Waals surface area contributed by atoms with Gasteiger partial charge in [0.25, 0.3) is 5.56 Å². The van der Waals surface area contributed by atoms with E-state index in [0.717, 1.165) is 47.4 Å². The van der Waals surface area contributed by atoms with Crippen molar-refractivity contribution in [2.24, 2.45) is 5.41 Å². The van der Waals surface area contributed by atoms with Gasteiger partial charge in [-0.3, -0.25) is 9.59 Å². The van der Waals surface area contributed by atoms with Crippen molar-refractivity contribution >= 4 is 23.4 Å². The molecule has 0 fully saturated rings. The molecule has 164 valence electrons. The van der Waals surface area contributed by atoms with Gasteiger partial charge in [-0.2, -0.15) is 0 Å². The zero-order valence-electron chi connectivity index (χ0n) is 18.8.